The molecule has 14 heavy (non-hydrogen) atoms. The average Bonchev–Trinajstić information content (AvgIpc) is 2.25. The van der Waals surface area contributed by atoms with E-state index in [0.29, 0.717) is 13.2 Å². The molecule has 0 aliphatic heterocycles. The summed E-state index contributed by atoms with van der Waals surface area (Å²) in [5.74, 6) is 0.964. The Hall–Kier alpha value is -0.760. The Labute approximate surface area is 86.6 Å². The van der Waals surface area contributed by atoms with E-state index in [1.54, 1.807) is 0 Å². The van der Waals surface area contributed by atoms with Gasteiger partial charge in [0.25, 0.3) is 0 Å². The molecule has 1 aliphatic carbocycles. The van der Waals surface area contributed by atoms with Crippen molar-refractivity contribution in [3.63, 3.8) is 0 Å². The van der Waals surface area contributed by atoms with Crippen molar-refractivity contribution in [2.45, 2.75) is 26.2 Å². The number of hydrogen-bond acceptors (Lipinski definition) is 2. The molecule has 2 heteroatoms. The summed E-state index contributed by atoms with van der Waals surface area (Å²) in [6.45, 7) is 4.35. The van der Waals surface area contributed by atoms with Crippen LogP contribution in [0, 0.1) is 6.42 Å². The third-order valence-corrected chi connectivity index (χ3v) is 1.99. The van der Waals surface area contributed by atoms with Crippen molar-refractivity contribution in [2.24, 2.45) is 0 Å². The fraction of sp³-hybridized carbons (Fsp3) is 0.583. The minimum atomic E-state index is 0.653. The molecule has 0 bridgehead atoms. The van der Waals surface area contributed by atoms with Crippen LogP contribution in [0.4, 0.5) is 0 Å². The first kappa shape index (κ1) is 11.3. The molecule has 0 heterocycles. The molecule has 0 unspecified atom stereocenters. The summed E-state index contributed by atoms with van der Waals surface area (Å²) in [7, 11) is 0. The lowest BCUT2D eigenvalue weighted by atomic mass is 10.2. The van der Waals surface area contributed by atoms with E-state index in [1.807, 2.05) is 12.2 Å². The summed E-state index contributed by atoms with van der Waals surface area (Å²) in [5, 5.41) is 0. The third-order valence-electron chi connectivity index (χ3n) is 1.99. The van der Waals surface area contributed by atoms with E-state index in [4.69, 9.17) is 9.47 Å². The summed E-state index contributed by atoms with van der Waals surface area (Å²) in [4.78, 5) is 0. The van der Waals surface area contributed by atoms with Crippen molar-refractivity contribution in [2.75, 3.05) is 19.8 Å². The highest BCUT2D eigenvalue weighted by Crippen LogP contribution is 2.09. The van der Waals surface area contributed by atoms with Crippen molar-refractivity contribution in [3.8, 4) is 0 Å². The number of unbranched alkanes of at least 4 members (excludes halogenated alkanes) is 1. The van der Waals surface area contributed by atoms with Crippen LogP contribution in [0.5, 0.6) is 0 Å². The summed E-state index contributed by atoms with van der Waals surface area (Å²) in [6, 6.07) is 0. The van der Waals surface area contributed by atoms with Gasteiger partial charge in [0.15, 0.2) is 0 Å². The number of rotatable bonds is 7. The molecule has 0 saturated carbocycles. The highest BCUT2D eigenvalue weighted by molar-refractivity contribution is 5.21. The fourth-order valence-corrected chi connectivity index (χ4v) is 1.17. The summed E-state index contributed by atoms with van der Waals surface area (Å²) in [6.07, 6.45) is 11.5. The molecule has 0 N–H and O–H groups in total. The molecule has 0 aromatic heterocycles. The van der Waals surface area contributed by atoms with Gasteiger partial charge in [-0.15, -0.1) is 0 Å². The predicted octanol–water partition coefficient (Wildman–Crippen LogP) is 2.87. The van der Waals surface area contributed by atoms with Gasteiger partial charge in [0.1, 0.15) is 12.4 Å². The first-order chi connectivity index (χ1) is 6.93. The Bertz CT molecular complexity index is 194. The lowest BCUT2D eigenvalue weighted by Crippen LogP contribution is -2.05. The van der Waals surface area contributed by atoms with E-state index in [0.717, 1.165) is 25.2 Å². The van der Waals surface area contributed by atoms with Gasteiger partial charge in [-0.3, -0.25) is 0 Å². The molecule has 1 aliphatic rings. The Kier molecular flexibility index (Phi) is 6.16. The quantitative estimate of drug-likeness (QED) is 0.581. The molecule has 0 aromatic carbocycles. The first-order valence-corrected chi connectivity index (χ1v) is 5.34. The van der Waals surface area contributed by atoms with Crippen LogP contribution in [0.15, 0.2) is 24.0 Å². The van der Waals surface area contributed by atoms with E-state index in [2.05, 4.69) is 19.4 Å². The molecule has 1 rings (SSSR count). The van der Waals surface area contributed by atoms with Gasteiger partial charge in [-0.05, 0) is 31.4 Å². The molecule has 0 saturated heterocycles. The van der Waals surface area contributed by atoms with Gasteiger partial charge in [0.05, 0.1) is 6.61 Å². The van der Waals surface area contributed by atoms with Crippen molar-refractivity contribution < 1.29 is 9.47 Å². The smallest absolute Gasteiger partial charge is 0.115 e. The van der Waals surface area contributed by atoms with Crippen molar-refractivity contribution >= 4 is 0 Å². The zero-order chi connectivity index (χ0) is 10.1. The van der Waals surface area contributed by atoms with Crippen LogP contribution >= 0.6 is 0 Å². The number of allylic oxidation sites excluding steroid dienone is 3. The second kappa shape index (κ2) is 7.63. The Morgan fingerprint density at radius 2 is 2.21 bits per heavy atom. The third kappa shape index (κ3) is 5.07. The maximum atomic E-state index is 5.49. The van der Waals surface area contributed by atoms with E-state index in [1.165, 1.54) is 6.42 Å². The molecule has 0 atom stereocenters. The maximum absolute atomic E-state index is 5.49. The molecular weight excluding hydrogens is 176 g/mol. The van der Waals surface area contributed by atoms with E-state index in [-0.39, 0.29) is 0 Å². The molecule has 2 nitrogen and oxygen atoms in total. The summed E-state index contributed by atoms with van der Waals surface area (Å²) < 4.78 is 10.9. The standard InChI is InChI=1S/C12H19O2/c1-2-3-9-13-10-11-14-12-7-5-4-6-8-12/h4-5,7-8H,2-3,6,9-11H2,1H3. The molecular formula is C12H19O2. The van der Waals surface area contributed by atoms with Gasteiger partial charge in [-0.1, -0.05) is 19.4 Å². The van der Waals surface area contributed by atoms with Crippen molar-refractivity contribution in [3.05, 3.63) is 30.4 Å². The highest BCUT2D eigenvalue weighted by Gasteiger charge is 1.97. The Balaban J connectivity index is 1.93. The van der Waals surface area contributed by atoms with E-state index in [9.17, 15) is 0 Å². The van der Waals surface area contributed by atoms with E-state index < -0.39 is 0 Å². The van der Waals surface area contributed by atoms with Gasteiger partial charge in [0.2, 0.25) is 0 Å². The SMILES string of the molecule is CCCCOCCOC1=CC[CH]C=C1. The zero-order valence-electron chi connectivity index (χ0n) is 8.87. The topological polar surface area (TPSA) is 18.5 Å². The van der Waals surface area contributed by atoms with Crippen molar-refractivity contribution in [1.82, 2.24) is 0 Å². The molecule has 1 radical (unpaired) electrons. The van der Waals surface area contributed by atoms with Crippen LogP contribution < -0.4 is 0 Å². The molecule has 0 aromatic rings. The van der Waals surface area contributed by atoms with Gasteiger partial charge in [-0.2, -0.15) is 0 Å². The minimum Gasteiger partial charge on any atom is -0.492 e. The summed E-state index contributed by atoms with van der Waals surface area (Å²) in [5.41, 5.74) is 0. The van der Waals surface area contributed by atoms with Gasteiger partial charge >= 0.3 is 0 Å². The Morgan fingerprint density at radius 3 is 2.93 bits per heavy atom. The van der Waals surface area contributed by atoms with Crippen LogP contribution in [-0.4, -0.2) is 19.8 Å². The number of ether oxygens (including phenoxy) is 2. The molecule has 79 valence electrons. The second-order valence-corrected chi connectivity index (χ2v) is 3.25. The van der Waals surface area contributed by atoms with Gasteiger partial charge in [0, 0.05) is 6.61 Å². The molecule has 0 spiro atoms. The van der Waals surface area contributed by atoms with Crippen molar-refractivity contribution in [1.29, 1.82) is 0 Å². The van der Waals surface area contributed by atoms with Crippen LogP contribution in [0.3, 0.4) is 0 Å². The predicted molar refractivity (Wildman–Crippen MR) is 57.8 cm³/mol. The molecule has 0 fully saturated rings. The van der Waals surface area contributed by atoms with Crippen LogP contribution in [0.25, 0.3) is 0 Å². The lowest BCUT2D eigenvalue weighted by Gasteiger charge is -2.09. The normalized spacial score (nSPS) is 15.4. The summed E-state index contributed by atoms with van der Waals surface area (Å²) >= 11 is 0. The zero-order valence-corrected chi connectivity index (χ0v) is 8.87. The lowest BCUT2D eigenvalue weighted by molar-refractivity contribution is 0.0769. The van der Waals surface area contributed by atoms with Crippen LogP contribution in [-0.2, 0) is 9.47 Å². The monoisotopic (exact) mass is 195 g/mol. The van der Waals surface area contributed by atoms with E-state index >= 15 is 0 Å². The minimum absolute atomic E-state index is 0.653. The van der Waals surface area contributed by atoms with Gasteiger partial charge in [-0.25, -0.2) is 0 Å². The maximum Gasteiger partial charge on any atom is 0.115 e. The highest BCUT2D eigenvalue weighted by atomic mass is 16.5. The largest absolute Gasteiger partial charge is 0.492 e. The Morgan fingerprint density at radius 1 is 1.29 bits per heavy atom. The van der Waals surface area contributed by atoms with Gasteiger partial charge < -0.3 is 9.47 Å². The first-order valence-electron chi connectivity index (χ1n) is 5.34. The van der Waals surface area contributed by atoms with Crippen LogP contribution in [0.2, 0.25) is 0 Å². The second-order valence-electron chi connectivity index (χ2n) is 3.25. The average molecular weight is 195 g/mol. The molecule has 0 amide bonds. The number of hydrogen-bond donors (Lipinski definition) is 0. The fourth-order valence-electron chi connectivity index (χ4n) is 1.17. The van der Waals surface area contributed by atoms with Crippen LogP contribution in [0.1, 0.15) is 26.2 Å².